The van der Waals surface area contributed by atoms with Gasteiger partial charge in [-0.15, -0.1) is 0 Å². The molecule has 0 heterocycles. The molecule has 1 atom stereocenters. The number of aliphatic hydroxyl groups is 1. The average Bonchev–Trinajstić information content (AvgIpc) is 2.89. The molecule has 0 bridgehead atoms. The van der Waals surface area contributed by atoms with Crippen molar-refractivity contribution >= 4 is 11.8 Å². The molecule has 1 aliphatic carbocycles. The van der Waals surface area contributed by atoms with Gasteiger partial charge in [0.05, 0.1) is 14.2 Å². The molecule has 1 aliphatic rings. The smallest absolute Gasteiger partial charge is 0.347 e. The molecule has 0 spiro atoms. The van der Waals surface area contributed by atoms with E-state index in [0.29, 0.717) is 36.3 Å². The summed E-state index contributed by atoms with van der Waals surface area (Å²) in [6, 6.07) is 3.11. The molecule has 0 amide bonds. The van der Waals surface area contributed by atoms with E-state index in [-0.39, 0.29) is 12.0 Å². The van der Waals surface area contributed by atoms with Crippen molar-refractivity contribution in [2.75, 3.05) is 14.2 Å². The van der Waals surface area contributed by atoms with Gasteiger partial charge in [-0.05, 0) is 37.0 Å². The first-order valence-electron chi connectivity index (χ1n) is 8.56. The maximum Gasteiger partial charge on any atom is 0.347 e. The predicted molar refractivity (Wildman–Crippen MR) is 92.2 cm³/mol. The van der Waals surface area contributed by atoms with Crippen LogP contribution in [0.25, 0.3) is 0 Å². The van der Waals surface area contributed by atoms with Gasteiger partial charge in [0, 0.05) is 12.0 Å². The van der Waals surface area contributed by atoms with Gasteiger partial charge in [0.2, 0.25) is 11.4 Å². The zero-order valence-corrected chi connectivity index (χ0v) is 15.5. The molecule has 0 aliphatic heterocycles. The maximum absolute atomic E-state index is 12.7. The number of Topliss-reactive ketones (excluding diaryl/α,β-unsaturated/α-hetero) is 1. The summed E-state index contributed by atoms with van der Waals surface area (Å²) in [7, 11) is 2.95. The molecule has 0 radical (unpaired) electrons. The van der Waals surface area contributed by atoms with Gasteiger partial charge in [0.25, 0.3) is 0 Å². The van der Waals surface area contributed by atoms with Crippen molar-refractivity contribution in [2.45, 2.75) is 57.7 Å². The highest BCUT2D eigenvalue weighted by Crippen LogP contribution is 2.39. The Hall–Kier alpha value is -2.08. The van der Waals surface area contributed by atoms with E-state index in [9.17, 15) is 14.7 Å². The molecule has 25 heavy (non-hydrogen) atoms. The number of carbonyl (C=O) groups is 2. The second-order valence-corrected chi connectivity index (χ2v) is 6.36. The first-order valence-corrected chi connectivity index (χ1v) is 8.56. The van der Waals surface area contributed by atoms with Gasteiger partial charge < -0.3 is 19.3 Å². The third kappa shape index (κ3) is 3.11. The lowest BCUT2D eigenvalue weighted by molar-refractivity contribution is -0.177. The summed E-state index contributed by atoms with van der Waals surface area (Å²) in [6.07, 6.45) is 1.72. The number of methoxy groups -OCH3 is 2. The van der Waals surface area contributed by atoms with Crippen LogP contribution in [0.3, 0.4) is 0 Å². The minimum absolute atomic E-state index is 0.131. The molecule has 0 saturated carbocycles. The molecule has 1 N–H and O–H groups in total. The van der Waals surface area contributed by atoms with E-state index in [1.54, 1.807) is 6.07 Å². The molecule has 6 heteroatoms. The zero-order valence-electron chi connectivity index (χ0n) is 15.5. The van der Waals surface area contributed by atoms with Crippen molar-refractivity contribution < 1.29 is 28.9 Å². The van der Waals surface area contributed by atoms with Crippen LogP contribution < -0.4 is 9.47 Å². The summed E-state index contributed by atoms with van der Waals surface area (Å²) in [5.74, 6) is -0.739. The molecular formula is C19H26O6. The Morgan fingerprint density at radius 3 is 2.12 bits per heavy atom. The number of hydrogen-bond donors (Lipinski definition) is 1. The normalized spacial score (nSPS) is 19.5. The second kappa shape index (κ2) is 7.04. The highest BCUT2D eigenvalue weighted by molar-refractivity contribution is 6.19. The summed E-state index contributed by atoms with van der Waals surface area (Å²) < 4.78 is 16.0. The Bertz CT molecular complexity index is 668. The lowest BCUT2D eigenvalue weighted by Gasteiger charge is -2.33. The van der Waals surface area contributed by atoms with Crippen molar-refractivity contribution in [3.63, 3.8) is 0 Å². The van der Waals surface area contributed by atoms with E-state index in [1.165, 1.54) is 20.3 Å². The van der Waals surface area contributed by atoms with Crippen molar-refractivity contribution in [1.29, 1.82) is 0 Å². The molecule has 0 unspecified atom stereocenters. The van der Waals surface area contributed by atoms with Crippen molar-refractivity contribution in [3.8, 4) is 11.5 Å². The Morgan fingerprint density at radius 2 is 1.64 bits per heavy atom. The fourth-order valence-corrected chi connectivity index (χ4v) is 3.27. The fourth-order valence-electron chi connectivity index (χ4n) is 3.27. The van der Waals surface area contributed by atoms with Gasteiger partial charge in [0.15, 0.2) is 11.5 Å². The number of fused-ring (bicyclic) bond motifs is 1. The summed E-state index contributed by atoms with van der Waals surface area (Å²) >= 11 is 0. The Kier molecular flexibility index (Phi) is 5.42. The zero-order chi connectivity index (χ0) is 18.8. The number of rotatable bonds is 7. The van der Waals surface area contributed by atoms with Crippen LogP contribution in [-0.4, -0.2) is 42.3 Å². The minimum Gasteiger partial charge on any atom is -0.493 e. The second-order valence-electron chi connectivity index (χ2n) is 6.36. The van der Waals surface area contributed by atoms with Crippen LogP contribution in [0, 0.1) is 0 Å². The Morgan fingerprint density at radius 1 is 1.12 bits per heavy atom. The van der Waals surface area contributed by atoms with Crippen LogP contribution in [-0.2, 0) is 16.0 Å². The standard InChI is InChI=1S/C19H26O6/c1-6-18(7-2,8-3)25-17(21)19(22)11-12-9-14(23-4)15(24-5)10-13(12)16(19)20/h9-10,22H,6-8,11H2,1-5H3/t19-/m0/s1. The fraction of sp³-hybridized carbons (Fsp3) is 0.579. The Labute approximate surface area is 148 Å². The van der Waals surface area contributed by atoms with Crippen molar-refractivity contribution in [2.24, 2.45) is 0 Å². The molecule has 0 saturated heterocycles. The molecule has 6 nitrogen and oxygen atoms in total. The van der Waals surface area contributed by atoms with Crippen molar-refractivity contribution in [1.82, 2.24) is 0 Å². The monoisotopic (exact) mass is 350 g/mol. The number of ether oxygens (including phenoxy) is 3. The highest BCUT2D eigenvalue weighted by atomic mass is 16.6. The molecule has 138 valence electrons. The highest BCUT2D eigenvalue weighted by Gasteiger charge is 2.53. The first kappa shape index (κ1) is 19.2. The number of hydrogen-bond acceptors (Lipinski definition) is 6. The van der Waals surface area contributed by atoms with Crippen LogP contribution in [0.4, 0.5) is 0 Å². The maximum atomic E-state index is 12.7. The van der Waals surface area contributed by atoms with E-state index >= 15 is 0 Å². The lowest BCUT2D eigenvalue weighted by atomic mass is 9.92. The number of esters is 1. The molecule has 1 aromatic rings. The SMILES string of the molecule is CCC(CC)(CC)OC(=O)[C@]1(O)Cc2cc(OC)c(OC)cc2C1=O. The third-order valence-electron chi connectivity index (χ3n) is 5.26. The molecule has 0 aromatic heterocycles. The topological polar surface area (TPSA) is 82.1 Å². The van der Waals surface area contributed by atoms with Crippen LogP contribution in [0.1, 0.15) is 56.0 Å². The largest absolute Gasteiger partial charge is 0.493 e. The van der Waals surface area contributed by atoms with Crippen LogP contribution in [0.5, 0.6) is 11.5 Å². The predicted octanol–water partition coefficient (Wildman–Crippen LogP) is 2.69. The molecule has 2 rings (SSSR count). The summed E-state index contributed by atoms with van der Waals surface area (Å²) in [6.45, 7) is 5.77. The van der Waals surface area contributed by atoms with Crippen LogP contribution in [0.15, 0.2) is 12.1 Å². The van der Waals surface area contributed by atoms with E-state index < -0.39 is 23.0 Å². The lowest BCUT2D eigenvalue weighted by Crippen LogP contribution is -2.49. The minimum atomic E-state index is -2.20. The van der Waals surface area contributed by atoms with Gasteiger partial charge in [-0.3, -0.25) is 4.79 Å². The van der Waals surface area contributed by atoms with Gasteiger partial charge >= 0.3 is 5.97 Å². The van der Waals surface area contributed by atoms with Gasteiger partial charge in [-0.2, -0.15) is 0 Å². The number of carbonyl (C=O) groups excluding carboxylic acids is 2. The van der Waals surface area contributed by atoms with Gasteiger partial charge in [-0.25, -0.2) is 4.79 Å². The van der Waals surface area contributed by atoms with Crippen LogP contribution >= 0.6 is 0 Å². The van der Waals surface area contributed by atoms with Gasteiger partial charge in [-0.1, -0.05) is 20.8 Å². The Balaban J connectivity index is 2.37. The van der Waals surface area contributed by atoms with Crippen molar-refractivity contribution in [3.05, 3.63) is 23.3 Å². The number of ketones is 1. The first-order chi connectivity index (χ1) is 11.8. The summed E-state index contributed by atoms with van der Waals surface area (Å²) in [5, 5.41) is 10.8. The average molecular weight is 350 g/mol. The quantitative estimate of drug-likeness (QED) is 0.601. The van der Waals surface area contributed by atoms with E-state index in [4.69, 9.17) is 14.2 Å². The van der Waals surface area contributed by atoms with E-state index in [0.717, 1.165) is 0 Å². The molecule has 0 fully saturated rings. The van der Waals surface area contributed by atoms with Gasteiger partial charge in [0.1, 0.15) is 5.60 Å². The summed E-state index contributed by atoms with van der Waals surface area (Å²) in [4.78, 5) is 25.4. The number of benzene rings is 1. The molecule has 1 aromatic carbocycles. The summed E-state index contributed by atoms with van der Waals surface area (Å²) in [5.41, 5.74) is -2.08. The van der Waals surface area contributed by atoms with E-state index in [2.05, 4.69) is 0 Å². The van der Waals surface area contributed by atoms with E-state index in [1.807, 2.05) is 20.8 Å². The molecular weight excluding hydrogens is 324 g/mol. The third-order valence-corrected chi connectivity index (χ3v) is 5.26. The van der Waals surface area contributed by atoms with Crippen LogP contribution in [0.2, 0.25) is 0 Å².